The monoisotopic (exact) mass is 374 g/mol. The van der Waals surface area contributed by atoms with Crippen LogP contribution in [0.15, 0.2) is 45.8 Å². The Morgan fingerprint density at radius 2 is 1.95 bits per heavy atom. The van der Waals surface area contributed by atoms with Gasteiger partial charge in [-0.1, -0.05) is 17.7 Å². The Bertz CT molecular complexity index is 763. The van der Waals surface area contributed by atoms with Crippen molar-refractivity contribution in [1.29, 1.82) is 0 Å². The molecule has 0 saturated carbocycles. The van der Waals surface area contributed by atoms with Crippen LogP contribution in [0.5, 0.6) is 0 Å². The van der Waals surface area contributed by atoms with E-state index in [-0.39, 0.29) is 4.90 Å². The normalized spacial score (nSPS) is 11.3. The van der Waals surface area contributed by atoms with Crippen LogP contribution in [0.25, 0.3) is 0 Å². The van der Waals surface area contributed by atoms with Crippen molar-refractivity contribution in [2.45, 2.75) is 11.8 Å². The molecule has 2 aromatic rings. The van der Waals surface area contributed by atoms with Gasteiger partial charge in [-0.2, -0.15) is 0 Å². The van der Waals surface area contributed by atoms with E-state index in [1.54, 1.807) is 37.3 Å². The van der Waals surface area contributed by atoms with Crippen LogP contribution in [0, 0.1) is 6.92 Å². The molecule has 2 aromatic carbocycles. The molecular weight excluding hydrogens is 364 g/mol. The maximum absolute atomic E-state index is 12.4. The summed E-state index contributed by atoms with van der Waals surface area (Å²) in [6.07, 6.45) is 0. The molecule has 0 saturated heterocycles. The summed E-state index contributed by atoms with van der Waals surface area (Å²) in [6, 6.07) is 9.64. The quantitative estimate of drug-likeness (QED) is 0.802. The van der Waals surface area contributed by atoms with Crippen molar-refractivity contribution in [3.63, 3.8) is 0 Å². The lowest BCUT2D eigenvalue weighted by molar-refractivity contribution is 0.600. The smallest absolute Gasteiger partial charge is 0.263 e. The summed E-state index contributed by atoms with van der Waals surface area (Å²) in [6.45, 7) is 1.74. The minimum absolute atomic E-state index is 0.0804. The summed E-state index contributed by atoms with van der Waals surface area (Å²) in [4.78, 5) is 0.0804. The molecule has 0 atom stereocenters. The summed E-state index contributed by atoms with van der Waals surface area (Å²) >= 11 is 9.19. The number of hydrogen-bond donors (Lipinski definition) is 2. The van der Waals surface area contributed by atoms with Crippen LogP contribution in [0.1, 0.15) is 5.56 Å². The number of nitrogens with one attached hydrogen (secondary N) is 1. The summed E-state index contributed by atoms with van der Waals surface area (Å²) in [7, 11) is -3.74. The number of nitrogens with two attached hydrogens (primary N) is 1. The topological polar surface area (TPSA) is 72.2 Å². The lowest BCUT2D eigenvalue weighted by atomic mass is 10.2. The SMILES string of the molecule is Cc1c(Cl)cccc1NS(=O)(=O)c1cc(N)ccc1Br. The maximum atomic E-state index is 12.4. The summed E-state index contributed by atoms with van der Waals surface area (Å²) < 4.78 is 27.8. The highest BCUT2D eigenvalue weighted by Crippen LogP contribution is 2.29. The second-order valence-corrected chi connectivity index (χ2v) is 7.12. The van der Waals surface area contributed by atoms with Gasteiger partial charge in [0.1, 0.15) is 4.90 Å². The predicted molar refractivity (Wildman–Crippen MR) is 85.6 cm³/mol. The van der Waals surface area contributed by atoms with Gasteiger partial charge in [-0.15, -0.1) is 0 Å². The maximum Gasteiger partial charge on any atom is 0.263 e. The molecule has 2 rings (SSSR count). The zero-order chi connectivity index (χ0) is 14.9. The molecule has 0 spiro atoms. The summed E-state index contributed by atoms with van der Waals surface area (Å²) in [5, 5.41) is 0.497. The molecular formula is C13H12BrClN2O2S. The fourth-order valence-corrected chi connectivity index (χ4v) is 3.94. The average Bonchev–Trinajstić information content (AvgIpc) is 2.37. The van der Waals surface area contributed by atoms with Crippen LogP contribution in [0.2, 0.25) is 5.02 Å². The van der Waals surface area contributed by atoms with E-state index in [0.717, 1.165) is 0 Å². The van der Waals surface area contributed by atoms with Gasteiger partial charge < -0.3 is 5.73 Å². The Hall–Kier alpha value is -1.24. The van der Waals surface area contributed by atoms with Crippen molar-refractivity contribution >= 4 is 48.9 Å². The van der Waals surface area contributed by atoms with E-state index < -0.39 is 10.0 Å². The molecule has 3 N–H and O–H groups in total. The zero-order valence-electron chi connectivity index (χ0n) is 10.5. The Balaban J connectivity index is 2.46. The van der Waals surface area contributed by atoms with E-state index in [4.69, 9.17) is 17.3 Å². The summed E-state index contributed by atoms with van der Waals surface area (Å²) in [5.74, 6) is 0. The van der Waals surface area contributed by atoms with E-state index in [0.29, 0.717) is 26.4 Å². The van der Waals surface area contributed by atoms with E-state index >= 15 is 0 Å². The fourth-order valence-electron chi connectivity index (χ4n) is 1.64. The second kappa shape index (κ2) is 5.63. The molecule has 7 heteroatoms. The van der Waals surface area contributed by atoms with Crippen LogP contribution in [0.3, 0.4) is 0 Å². The van der Waals surface area contributed by atoms with Gasteiger partial charge in [0, 0.05) is 15.2 Å². The fraction of sp³-hybridized carbons (Fsp3) is 0.0769. The van der Waals surface area contributed by atoms with Gasteiger partial charge in [0.15, 0.2) is 0 Å². The third-order valence-electron chi connectivity index (χ3n) is 2.76. The number of benzene rings is 2. The Morgan fingerprint density at radius 3 is 2.65 bits per heavy atom. The first kappa shape index (κ1) is 15.2. The highest BCUT2D eigenvalue weighted by molar-refractivity contribution is 9.10. The molecule has 0 aliphatic rings. The Kier molecular flexibility index (Phi) is 4.27. The number of sulfonamides is 1. The predicted octanol–water partition coefficient (Wildman–Crippen LogP) is 3.79. The summed E-state index contributed by atoms with van der Waals surface area (Å²) in [5.41, 5.74) is 7.11. The molecule has 106 valence electrons. The molecule has 0 radical (unpaired) electrons. The second-order valence-electron chi connectivity index (χ2n) is 4.21. The van der Waals surface area contributed by atoms with Gasteiger partial charge in [-0.05, 0) is 58.7 Å². The van der Waals surface area contributed by atoms with E-state index in [9.17, 15) is 8.42 Å². The van der Waals surface area contributed by atoms with Crippen LogP contribution in [-0.2, 0) is 10.0 Å². The van der Waals surface area contributed by atoms with E-state index in [2.05, 4.69) is 20.7 Å². The third kappa shape index (κ3) is 3.08. The van der Waals surface area contributed by atoms with Gasteiger partial charge in [-0.25, -0.2) is 8.42 Å². The number of hydrogen-bond acceptors (Lipinski definition) is 3. The lowest BCUT2D eigenvalue weighted by Gasteiger charge is -2.13. The molecule has 0 heterocycles. The standard InChI is InChI=1S/C13H12BrClN2O2S/c1-8-11(15)3-2-4-12(8)17-20(18,19)13-7-9(16)5-6-10(13)14/h2-7,17H,16H2,1H3. The third-order valence-corrected chi connectivity index (χ3v) is 5.53. The first-order chi connectivity index (χ1) is 9.31. The van der Waals surface area contributed by atoms with Gasteiger partial charge in [-0.3, -0.25) is 4.72 Å². The number of nitrogen functional groups attached to an aromatic ring is 1. The average molecular weight is 376 g/mol. The minimum Gasteiger partial charge on any atom is -0.399 e. The van der Waals surface area contributed by atoms with E-state index in [1.165, 1.54) is 6.07 Å². The van der Waals surface area contributed by atoms with Crippen LogP contribution in [-0.4, -0.2) is 8.42 Å². The van der Waals surface area contributed by atoms with Crippen LogP contribution in [0.4, 0.5) is 11.4 Å². The Morgan fingerprint density at radius 1 is 1.25 bits per heavy atom. The van der Waals surface area contributed by atoms with Crippen molar-refractivity contribution < 1.29 is 8.42 Å². The molecule has 0 amide bonds. The van der Waals surface area contributed by atoms with Gasteiger partial charge in [0.05, 0.1) is 5.69 Å². The number of halogens is 2. The van der Waals surface area contributed by atoms with Gasteiger partial charge in [0.2, 0.25) is 0 Å². The highest BCUT2D eigenvalue weighted by Gasteiger charge is 2.19. The van der Waals surface area contributed by atoms with Crippen molar-refractivity contribution in [2.24, 2.45) is 0 Å². The van der Waals surface area contributed by atoms with E-state index in [1.807, 2.05) is 0 Å². The molecule has 0 aliphatic carbocycles. The van der Waals surface area contributed by atoms with Crippen molar-refractivity contribution in [3.05, 3.63) is 51.5 Å². The van der Waals surface area contributed by atoms with Crippen molar-refractivity contribution in [3.8, 4) is 0 Å². The van der Waals surface area contributed by atoms with Gasteiger partial charge >= 0.3 is 0 Å². The zero-order valence-corrected chi connectivity index (χ0v) is 13.7. The van der Waals surface area contributed by atoms with Gasteiger partial charge in [0.25, 0.3) is 10.0 Å². The molecule has 0 fully saturated rings. The minimum atomic E-state index is -3.74. The van der Waals surface area contributed by atoms with Crippen molar-refractivity contribution in [2.75, 3.05) is 10.5 Å². The molecule has 0 bridgehead atoms. The molecule has 0 aliphatic heterocycles. The Labute approximate surface area is 131 Å². The molecule has 4 nitrogen and oxygen atoms in total. The lowest BCUT2D eigenvalue weighted by Crippen LogP contribution is -2.14. The van der Waals surface area contributed by atoms with Crippen LogP contribution < -0.4 is 10.5 Å². The number of anilines is 2. The first-order valence-corrected chi connectivity index (χ1v) is 8.29. The first-order valence-electron chi connectivity index (χ1n) is 5.64. The molecule has 0 unspecified atom stereocenters. The molecule has 20 heavy (non-hydrogen) atoms. The van der Waals surface area contributed by atoms with Crippen molar-refractivity contribution in [1.82, 2.24) is 0 Å². The largest absolute Gasteiger partial charge is 0.399 e. The number of rotatable bonds is 3. The molecule has 0 aromatic heterocycles. The highest BCUT2D eigenvalue weighted by atomic mass is 79.9. The van der Waals surface area contributed by atoms with Crippen LogP contribution >= 0.6 is 27.5 Å².